The van der Waals surface area contributed by atoms with E-state index in [2.05, 4.69) is 10.3 Å². The first-order chi connectivity index (χ1) is 8.16. The van der Waals surface area contributed by atoms with Gasteiger partial charge in [0.2, 0.25) is 0 Å². The fourth-order valence-corrected chi connectivity index (χ4v) is 1.64. The Morgan fingerprint density at radius 1 is 1.24 bits per heavy atom. The third kappa shape index (κ3) is 2.96. The van der Waals surface area contributed by atoms with Crippen LogP contribution < -0.4 is 5.32 Å². The third-order valence-corrected chi connectivity index (χ3v) is 2.67. The van der Waals surface area contributed by atoms with E-state index in [1.165, 1.54) is 6.20 Å². The quantitative estimate of drug-likeness (QED) is 0.902. The van der Waals surface area contributed by atoms with Crippen LogP contribution in [-0.2, 0) is 0 Å². The summed E-state index contributed by atoms with van der Waals surface area (Å²) < 4.78 is 0. The van der Waals surface area contributed by atoms with Crippen molar-refractivity contribution in [3.8, 4) is 0 Å². The van der Waals surface area contributed by atoms with Crippen molar-refractivity contribution in [2.24, 2.45) is 0 Å². The van der Waals surface area contributed by atoms with Crippen molar-refractivity contribution in [2.45, 2.75) is 0 Å². The highest BCUT2D eigenvalue weighted by Gasteiger charge is 2.08. The Bertz CT molecular complexity index is 558. The van der Waals surface area contributed by atoms with Crippen molar-refractivity contribution in [1.82, 2.24) is 4.98 Å². The molecule has 2 rings (SSSR count). The number of carbonyl (C=O) groups is 1. The van der Waals surface area contributed by atoms with Gasteiger partial charge in [-0.3, -0.25) is 9.78 Å². The molecule has 2 aromatic rings. The topological polar surface area (TPSA) is 42.0 Å². The average Bonchev–Trinajstić information content (AvgIpc) is 2.32. The number of halogens is 2. The number of pyridine rings is 1. The Balaban J connectivity index is 2.20. The fraction of sp³-hybridized carbons (Fsp3) is 0. The summed E-state index contributed by atoms with van der Waals surface area (Å²) in [6.45, 7) is 0. The van der Waals surface area contributed by atoms with Crippen molar-refractivity contribution < 1.29 is 4.79 Å². The molecule has 0 aliphatic carbocycles. The van der Waals surface area contributed by atoms with E-state index in [-0.39, 0.29) is 5.91 Å². The van der Waals surface area contributed by atoms with Crippen LogP contribution in [-0.4, -0.2) is 10.9 Å². The van der Waals surface area contributed by atoms with Crippen molar-refractivity contribution in [3.63, 3.8) is 0 Å². The largest absolute Gasteiger partial charge is 0.319 e. The van der Waals surface area contributed by atoms with Gasteiger partial charge >= 0.3 is 0 Å². The van der Waals surface area contributed by atoms with Gasteiger partial charge in [0.1, 0.15) is 0 Å². The number of benzene rings is 1. The minimum absolute atomic E-state index is 0.276. The maximum atomic E-state index is 11.9. The summed E-state index contributed by atoms with van der Waals surface area (Å²) in [7, 11) is 0. The summed E-state index contributed by atoms with van der Waals surface area (Å²) in [6, 6.07) is 8.28. The smallest absolute Gasteiger partial charge is 0.255 e. The highest BCUT2D eigenvalue weighted by molar-refractivity contribution is 6.34. The van der Waals surface area contributed by atoms with Gasteiger partial charge in [-0.15, -0.1) is 0 Å². The van der Waals surface area contributed by atoms with Crippen LogP contribution in [0.1, 0.15) is 10.4 Å². The summed E-state index contributed by atoms with van der Waals surface area (Å²) in [5.41, 5.74) is 0.941. The lowest BCUT2D eigenvalue weighted by atomic mass is 10.2. The number of aromatic nitrogens is 1. The molecule has 0 spiro atoms. The molecule has 0 saturated carbocycles. The summed E-state index contributed by atoms with van der Waals surface area (Å²) in [4.78, 5) is 15.7. The number of hydrogen-bond donors (Lipinski definition) is 1. The van der Waals surface area contributed by atoms with Crippen LogP contribution in [0, 0.1) is 0 Å². The van der Waals surface area contributed by atoms with Crippen LogP contribution in [0.3, 0.4) is 0 Å². The number of hydrogen-bond acceptors (Lipinski definition) is 2. The molecular formula is C12H8Cl2N2O. The zero-order valence-corrected chi connectivity index (χ0v) is 10.2. The van der Waals surface area contributed by atoms with Gasteiger partial charge in [-0.25, -0.2) is 0 Å². The van der Waals surface area contributed by atoms with Crippen LogP contribution in [0.15, 0.2) is 42.7 Å². The predicted octanol–water partition coefficient (Wildman–Crippen LogP) is 3.64. The summed E-state index contributed by atoms with van der Waals surface area (Å²) in [6.07, 6.45) is 3.04. The molecule has 1 heterocycles. The van der Waals surface area contributed by atoms with Crippen LogP contribution in [0.2, 0.25) is 10.0 Å². The molecule has 0 aliphatic rings. The van der Waals surface area contributed by atoms with E-state index in [9.17, 15) is 4.79 Å². The second kappa shape index (κ2) is 5.17. The zero-order chi connectivity index (χ0) is 12.3. The lowest BCUT2D eigenvalue weighted by molar-refractivity contribution is 0.102. The number of rotatable bonds is 2. The number of anilines is 1. The van der Waals surface area contributed by atoms with E-state index in [4.69, 9.17) is 23.2 Å². The Labute approximate surface area is 108 Å². The molecule has 1 aromatic carbocycles. The highest BCUT2D eigenvalue weighted by atomic mass is 35.5. The third-order valence-electron chi connectivity index (χ3n) is 2.10. The van der Waals surface area contributed by atoms with Gasteiger partial charge in [-0.05, 0) is 24.3 Å². The standard InChI is InChI=1S/C12H8Cl2N2O/c13-9-3-1-2-8(6-9)12(17)16-11-7-15-5-4-10(11)14/h1-7H,(H,16,17). The molecule has 1 aromatic heterocycles. The van der Waals surface area contributed by atoms with Gasteiger partial charge < -0.3 is 5.32 Å². The summed E-state index contributed by atoms with van der Waals surface area (Å²) in [5.74, 6) is -0.276. The van der Waals surface area contributed by atoms with Crippen molar-refractivity contribution in [1.29, 1.82) is 0 Å². The van der Waals surface area contributed by atoms with Gasteiger partial charge in [-0.2, -0.15) is 0 Å². The highest BCUT2D eigenvalue weighted by Crippen LogP contribution is 2.20. The second-order valence-corrected chi connectivity index (χ2v) is 4.16. The van der Waals surface area contributed by atoms with Crippen LogP contribution in [0.4, 0.5) is 5.69 Å². The van der Waals surface area contributed by atoms with E-state index in [0.717, 1.165) is 0 Å². The number of amides is 1. The molecule has 17 heavy (non-hydrogen) atoms. The number of carbonyl (C=O) groups excluding carboxylic acids is 1. The van der Waals surface area contributed by atoms with Gasteiger partial charge in [0.05, 0.1) is 16.9 Å². The molecular weight excluding hydrogens is 259 g/mol. The summed E-state index contributed by atoms with van der Waals surface area (Å²) >= 11 is 11.7. The molecule has 0 fully saturated rings. The van der Waals surface area contributed by atoms with Crippen LogP contribution >= 0.6 is 23.2 Å². The second-order valence-electron chi connectivity index (χ2n) is 3.32. The Kier molecular flexibility index (Phi) is 3.61. The van der Waals surface area contributed by atoms with Gasteiger partial charge in [0.15, 0.2) is 0 Å². The van der Waals surface area contributed by atoms with Crippen molar-refractivity contribution in [3.05, 3.63) is 58.3 Å². The maximum Gasteiger partial charge on any atom is 0.255 e. The van der Waals surface area contributed by atoms with E-state index >= 15 is 0 Å². The Morgan fingerprint density at radius 3 is 2.76 bits per heavy atom. The van der Waals surface area contributed by atoms with Gasteiger partial charge in [0, 0.05) is 16.8 Å². The van der Waals surface area contributed by atoms with Crippen molar-refractivity contribution >= 4 is 34.8 Å². The van der Waals surface area contributed by atoms with Gasteiger partial charge in [0.25, 0.3) is 5.91 Å². The predicted molar refractivity (Wildman–Crippen MR) is 68.7 cm³/mol. The van der Waals surface area contributed by atoms with E-state index in [0.29, 0.717) is 21.3 Å². The Morgan fingerprint density at radius 2 is 2.06 bits per heavy atom. The Hall–Kier alpha value is -1.58. The monoisotopic (exact) mass is 266 g/mol. The lowest BCUT2D eigenvalue weighted by Gasteiger charge is -2.06. The molecule has 86 valence electrons. The first-order valence-corrected chi connectivity index (χ1v) is 5.59. The minimum atomic E-state index is -0.276. The van der Waals surface area contributed by atoms with Crippen molar-refractivity contribution in [2.75, 3.05) is 5.32 Å². The zero-order valence-electron chi connectivity index (χ0n) is 8.65. The lowest BCUT2D eigenvalue weighted by Crippen LogP contribution is -2.12. The van der Waals surface area contributed by atoms with E-state index < -0.39 is 0 Å². The molecule has 1 N–H and O–H groups in total. The van der Waals surface area contributed by atoms with E-state index in [1.807, 2.05) is 0 Å². The molecule has 0 bridgehead atoms. The SMILES string of the molecule is O=C(Nc1cnccc1Cl)c1cccc(Cl)c1. The molecule has 1 amide bonds. The van der Waals surface area contributed by atoms with Crippen LogP contribution in [0.25, 0.3) is 0 Å². The minimum Gasteiger partial charge on any atom is -0.319 e. The molecule has 0 radical (unpaired) electrons. The maximum absolute atomic E-state index is 11.9. The molecule has 0 saturated heterocycles. The normalized spacial score (nSPS) is 10.0. The first kappa shape index (κ1) is 11.9. The molecule has 3 nitrogen and oxygen atoms in total. The molecule has 5 heteroatoms. The van der Waals surface area contributed by atoms with Crippen LogP contribution in [0.5, 0.6) is 0 Å². The first-order valence-electron chi connectivity index (χ1n) is 4.83. The molecule has 0 atom stereocenters. The number of nitrogens with one attached hydrogen (secondary N) is 1. The van der Waals surface area contributed by atoms with Gasteiger partial charge in [-0.1, -0.05) is 29.3 Å². The molecule has 0 aliphatic heterocycles. The average molecular weight is 267 g/mol. The molecule has 0 unspecified atom stereocenters. The number of nitrogens with zero attached hydrogens (tertiary/aromatic N) is 1. The summed E-state index contributed by atoms with van der Waals surface area (Å²) in [5, 5.41) is 3.61. The van der Waals surface area contributed by atoms with E-state index in [1.54, 1.807) is 36.5 Å². The fourth-order valence-electron chi connectivity index (χ4n) is 1.29.